The fourth-order valence-electron chi connectivity index (χ4n) is 2.58. The van der Waals surface area contributed by atoms with Crippen LogP contribution in [0.25, 0.3) is 0 Å². The number of alkyl halides is 1. The van der Waals surface area contributed by atoms with E-state index in [1.165, 1.54) is 7.11 Å². The van der Waals surface area contributed by atoms with Gasteiger partial charge in [0, 0.05) is 5.33 Å². The highest BCUT2D eigenvalue weighted by atomic mass is 79.9. The Balaban J connectivity index is 2.65. The summed E-state index contributed by atoms with van der Waals surface area (Å²) in [4.78, 5) is 12.1. The van der Waals surface area contributed by atoms with Gasteiger partial charge in [-0.15, -0.1) is 0 Å². The average molecular weight is 379 g/mol. The highest BCUT2D eigenvalue weighted by Crippen LogP contribution is 2.37. The molecule has 0 saturated carbocycles. The standard InChI is InChI=1S/C18H19BrO4/c1-22-17(21)16(20)18(23-13-12-19,14-8-4-2-5-9-14)15-10-6-3-7-11-15/h2-11,16,20H,12-13H2,1H3. The van der Waals surface area contributed by atoms with Crippen LogP contribution < -0.4 is 0 Å². The van der Waals surface area contributed by atoms with Gasteiger partial charge in [-0.05, 0) is 11.1 Å². The largest absolute Gasteiger partial charge is 0.467 e. The van der Waals surface area contributed by atoms with E-state index in [0.717, 1.165) is 0 Å². The highest BCUT2D eigenvalue weighted by Gasteiger charge is 2.47. The van der Waals surface area contributed by atoms with Crippen LogP contribution in [0.1, 0.15) is 11.1 Å². The van der Waals surface area contributed by atoms with Crippen LogP contribution in [0.2, 0.25) is 0 Å². The van der Waals surface area contributed by atoms with E-state index < -0.39 is 17.7 Å². The molecule has 0 aliphatic rings. The summed E-state index contributed by atoms with van der Waals surface area (Å²) < 4.78 is 10.8. The topological polar surface area (TPSA) is 55.8 Å². The molecule has 1 atom stereocenters. The molecule has 122 valence electrons. The van der Waals surface area contributed by atoms with Gasteiger partial charge in [0.05, 0.1) is 13.7 Å². The first-order valence-electron chi connectivity index (χ1n) is 7.23. The maximum absolute atomic E-state index is 12.1. The second-order valence-corrected chi connectivity index (χ2v) is 5.72. The fourth-order valence-corrected chi connectivity index (χ4v) is 2.74. The Labute approximate surface area is 144 Å². The number of carbonyl (C=O) groups is 1. The maximum atomic E-state index is 12.1. The lowest BCUT2D eigenvalue weighted by atomic mass is 9.81. The zero-order chi connectivity index (χ0) is 16.7. The van der Waals surface area contributed by atoms with Gasteiger partial charge in [-0.1, -0.05) is 76.6 Å². The second kappa shape index (κ2) is 8.24. The molecule has 4 nitrogen and oxygen atoms in total. The molecule has 1 N–H and O–H groups in total. The van der Waals surface area contributed by atoms with Crippen LogP contribution >= 0.6 is 15.9 Å². The van der Waals surface area contributed by atoms with Crippen molar-refractivity contribution in [2.45, 2.75) is 11.7 Å². The Hall–Kier alpha value is -1.69. The predicted octanol–water partition coefficient (Wildman–Crippen LogP) is 2.88. The van der Waals surface area contributed by atoms with Crippen molar-refractivity contribution in [1.82, 2.24) is 0 Å². The SMILES string of the molecule is COC(=O)C(O)C(OCCBr)(c1ccccc1)c1ccccc1. The summed E-state index contributed by atoms with van der Waals surface area (Å²) in [5, 5.41) is 11.3. The van der Waals surface area contributed by atoms with Crippen molar-refractivity contribution >= 4 is 21.9 Å². The van der Waals surface area contributed by atoms with E-state index in [2.05, 4.69) is 15.9 Å². The van der Waals surface area contributed by atoms with E-state index in [1.54, 1.807) is 0 Å². The predicted molar refractivity (Wildman–Crippen MR) is 91.4 cm³/mol. The smallest absolute Gasteiger partial charge is 0.338 e. The molecule has 0 saturated heterocycles. The van der Waals surface area contributed by atoms with Crippen LogP contribution in [0.4, 0.5) is 0 Å². The van der Waals surface area contributed by atoms with Crippen molar-refractivity contribution in [2.75, 3.05) is 19.0 Å². The van der Waals surface area contributed by atoms with Gasteiger partial charge in [0.1, 0.15) is 0 Å². The van der Waals surface area contributed by atoms with Crippen LogP contribution in [0.15, 0.2) is 60.7 Å². The zero-order valence-corrected chi connectivity index (χ0v) is 14.4. The Kier molecular flexibility index (Phi) is 6.33. The van der Waals surface area contributed by atoms with Crippen LogP contribution in [-0.4, -0.2) is 36.2 Å². The molecule has 1 unspecified atom stereocenters. The normalized spacial score (nSPS) is 12.7. The zero-order valence-electron chi connectivity index (χ0n) is 12.8. The minimum absolute atomic E-state index is 0.317. The van der Waals surface area contributed by atoms with Crippen LogP contribution in [0.5, 0.6) is 0 Å². The van der Waals surface area contributed by atoms with Gasteiger partial charge in [-0.2, -0.15) is 0 Å². The number of aliphatic hydroxyl groups excluding tert-OH is 1. The number of carbonyl (C=O) groups excluding carboxylic acids is 1. The van der Waals surface area contributed by atoms with E-state index in [1.807, 2.05) is 60.7 Å². The molecule has 0 aromatic heterocycles. The number of hydrogen-bond acceptors (Lipinski definition) is 4. The Morgan fingerprint density at radius 1 is 1.09 bits per heavy atom. The van der Waals surface area contributed by atoms with Crippen molar-refractivity contribution in [3.63, 3.8) is 0 Å². The van der Waals surface area contributed by atoms with Gasteiger partial charge in [-0.3, -0.25) is 0 Å². The quantitative estimate of drug-likeness (QED) is 0.594. The number of hydrogen-bond donors (Lipinski definition) is 1. The minimum atomic E-state index is -1.49. The first-order valence-corrected chi connectivity index (χ1v) is 8.35. The average Bonchev–Trinajstić information content (AvgIpc) is 2.63. The van der Waals surface area contributed by atoms with E-state index in [4.69, 9.17) is 9.47 Å². The maximum Gasteiger partial charge on any atom is 0.338 e. The molecule has 0 bridgehead atoms. The lowest BCUT2D eigenvalue weighted by Crippen LogP contribution is -2.48. The first-order chi connectivity index (χ1) is 11.2. The molecule has 0 radical (unpaired) electrons. The highest BCUT2D eigenvalue weighted by molar-refractivity contribution is 9.09. The van der Waals surface area contributed by atoms with Gasteiger partial charge in [0.25, 0.3) is 0 Å². The minimum Gasteiger partial charge on any atom is -0.467 e. The molecule has 2 aromatic carbocycles. The van der Waals surface area contributed by atoms with Crippen LogP contribution in [-0.2, 0) is 19.9 Å². The number of methoxy groups -OCH3 is 1. The summed E-state index contributed by atoms with van der Waals surface area (Å²) in [5.74, 6) is -0.743. The molecule has 0 fully saturated rings. The van der Waals surface area contributed by atoms with Crippen molar-refractivity contribution in [1.29, 1.82) is 0 Å². The third-order valence-electron chi connectivity index (χ3n) is 3.62. The van der Waals surface area contributed by atoms with E-state index >= 15 is 0 Å². The molecule has 23 heavy (non-hydrogen) atoms. The van der Waals surface area contributed by atoms with Gasteiger partial charge >= 0.3 is 5.97 Å². The van der Waals surface area contributed by atoms with Crippen molar-refractivity contribution in [2.24, 2.45) is 0 Å². The van der Waals surface area contributed by atoms with Gasteiger partial charge in [0.15, 0.2) is 11.7 Å². The monoisotopic (exact) mass is 378 g/mol. The second-order valence-electron chi connectivity index (χ2n) is 4.93. The van der Waals surface area contributed by atoms with Crippen LogP contribution in [0, 0.1) is 0 Å². The number of esters is 1. The van der Waals surface area contributed by atoms with Crippen molar-refractivity contribution in [3.8, 4) is 0 Å². The van der Waals surface area contributed by atoms with Gasteiger partial charge < -0.3 is 14.6 Å². The third-order valence-corrected chi connectivity index (χ3v) is 3.95. The number of halogens is 1. The van der Waals surface area contributed by atoms with Gasteiger partial charge in [-0.25, -0.2) is 4.79 Å². The summed E-state index contributed by atoms with van der Waals surface area (Å²) in [6.07, 6.45) is -1.49. The molecule has 5 heteroatoms. The molecule has 2 aromatic rings. The number of ether oxygens (including phenoxy) is 2. The molecular formula is C18H19BrO4. The number of aliphatic hydroxyl groups is 1. The molecule has 0 aliphatic heterocycles. The summed E-state index contributed by atoms with van der Waals surface area (Å²) in [6.45, 7) is 0.317. The summed E-state index contributed by atoms with van der Waals surface area (Å²) >= 11 is 3.33. The molecule has 0 aliphatic carbocycles. The van der Waals surface area contributed by atoms with Crippen molar-refractivity contribution in [3.05, 3.63) is 71.8 Å². The number of benzene rings is 2. The first kappa shape index (κ1) is 17.7. The Morgan fingerprint density at radius 3 is 1.96 bits per heavy atom. The molecule has 0 heterocycles. The summed E-state index contributed by atoms with van der Waals surface area (Å²) in [6, 6.07) is 18.4. The number of rotatable bonds is 7. The molecule has 0 amide bonds. The van der Waals surface area contributed by atoms with Gasteiger partial charge in [0.2, 0.25) is 0 Å². The lowest BCUT2D eigenvalue weighted by molar-refractivity contribution is -0.169. The lowest BCUT2D eigenvalue weighted by Gasteiger charge is -2.37. The molecular weight excluding hydrogens is 360 g/mol. The summed E-state index contributed by atoms with van der Waals surface area (Å²) in [7, 11) is 1.25. The molecule has 0 spiro atoms. The van der Waals surface area contributed by atoms with Crippen molar-refractivity contribution < 1.29 is 19.4 Å². The summed E-state index contributed by atoms with van der Waals surface area (Å²) in [5.41, 5.74) is 0.0405. The molecule has 2 rings (SSSR count). The Bertz CT molecular complexity index is 576. The van der Waals surface area contributed by atoms with Crippen LogP contribution in [0.3, 0.4) is 0 Å². The van der Waals surface area contributed by atoms with E-state index in [9.17, 15) is 9.90 Å². The third kappa shape index (κ3) is 3.63. The Morgan fingerprint density at radius 2 is 1.57 bits per heavy atom. The fraction of sp³-hybridized carbons (Fsp3) is 0.278. The van der Waals surface area contributed by atoms with E-state index in [-0.39, 0.29) is 0 Å². The van der Waals surface area contributed by atoms with E-state index in [0.29, 0.717) is 23.1 Å².